The van der Waals surface area contributed by atoms with Crippen molar-refractivity contribution in [1.29, 1.82) is 0 Å². The van der Waals surface area contributed by atoms with Gasteiger partial charge in [0.25, 0.3) is 0 Å². The number of hydrogen-bond acceptors (Lipinski definition) is 6. The third kappa shape index (κ3) is 2.49. The van der Waals surface area contributed by atoms with E-state index in [4.69, 9.17) is 15.7 Å². The summed E-state index contributed by atoms with van der Waals surface area (Å²) in [4.78, 5) is 11.4. The van der Waals surface area contributed by atoms with Crippen LogP contribution >= 0.6 is 15.9 Å². The van der Waals surface area contributed by atoms with Crippen LogP contribution in [-0.4, -0.2) is 36.1 Å². The Morgan fingerprint density at radius 3 is 2.68 bits per heavy atom. The van der Waals surface area contributed by atoms with E-state index in [-0.39, 0.29) is 11.5 Å². The van der Waals surface area contributed by atoms with Crippen LogP contribution < -0.4 is 15.2 Å². The molecule has 3 heterocycles. The van der Waals surface area contributed by atoms with Gasteiger partial charge in [0, 0.05) is 17.6 Å². The van der Waals surface area contributed by atoms with Gasteiger partial charge in [-0.3, -0.25) is 9.89 Å². The third-order valence-electron chi connectivity index (χ3n) is 5.00. The fraction of sp³-hybridized carbons (Fsp3) is 0.263. The van der Waals surface area contributed by atoms with Gasteiger partial charge in [0.1, 0.15) is 5.84 Å². The molecule has 0 radical (unpaired) electrons. The van der Waals surface area contributed by atoms with Crippen LogP contribution in [0.5, 0.6) is 11.5 Å². The van der Waals surface area contributed by atoms with Crippen molar-refractivity contribution in [2.45, 2.75) is 18.3 Å². The quantitative estimate of drug-likeness (QED) is 0.763. The Labute approximate surface area is 167 Å². The fourth-order valence-corrected chi connectivity index (χ4v) is 4.26. The number of nitrogens with zero attached hydrogens (tertiary/aromatic N) is 3. The molecule has 28 heavy (non-hydrogen) atoms. The van der Waals surface area contributed by atoms with E-state index < -0.39 is 11.8 Å². The second kappa shape index (κ2) is 5.91. The van der Waals surface area contributed by atoms with E-state index in [0.717, 1.165) is 16.5 Å². The number of halogens is 3. The molecule has 144 valence electrons. The van der Waals surface area contributed by atoms with E-state index in [0.29, 0.717) is 30.4 Å². The fourth-order valence-electron chi connectivity index (χ4n) is 3.86. The Morgan fingerprint density at radius 2 is 1.86 bits per heavy atom. The van der Waals surface area contributed by atoms with Crippen molar-refractivity contribution in [2.24, 2.45) is 15.7 Å². The Kier molecular flexibility index (Phi) is 3.67. The maximum absolute atomic E-state index is 13.5. The lowest BCUT2D eigenvalue weighted by molar-refractivity contribution is -0.286. The van der Waals surface area contributed by atoms with Crippen molar-refractivity contribution in [2.75, 3.05) is 13.1 Å². The van der Waals surface area contributed by atoms with Gasteiger partial charge in [0.15, 0.2) is 23.0 Å². The number of nitrogens with two attached hydrogens (primary N) is 1. The van der Waals surface area contributed by atoms with Gasteiger partial charge in [-0.05, 0) is 41.8 Å². The molecule has 3 aliphatic rings. The summed E-state index contributed by atoms with van der Waals surface area (Å²) < 4.78 is 37.1. The number of fused-ring (bicyclic) bond motifs is 2. The van der Waals surface area contributed by atoms with Gasteiger partial charge >= 0.3 is 6.29 Å². The summed E-state index contributed by atoms with van der Waals surface area (Å²) in [5.74, 6) is 0.970. The van der Waals surface area contributed by atoms with Crippen molar-refractivity contribution in [3.8, 4) is 11.5 Å². The first-order valence-corrected chi connectivity index (χ1v) is 9.53. The second-order valence-corrected chi connectivity index (χ2v) is 7.65. The molecule has 0 fully saturated rings. The Morgan fingerprint density at radius 1 is 1.07 bits per heavy atom. The molecule has 2 aromatic carbocycles. The molecular formula is C19H15BrF2N4O2. The Bertz CT molecular complexity index is 1040. The van der Waals surface area contributed by atoms with Gasteiger partial charge in [-0.25, -0.2) is 4.99 Å². The van der Waals surface area contributed by atoms with Gasteiger partial charge in [0.2, 0.25) is 0 Å². The molecule has 5 rings (SSSR count). The molecule has 0 amide bonds. The van der Waals surface area contributed by atoms with E-state index >= 15 is 0 Å². The van der Waals surface area contributed by atoms with Crippen molar-refractivity contribution in [1.82, 2.24) is 4.90 Å². The van der Waals surface area contributed by atoms with Gasteiger partial charge in [-0.1, -0.05) is 34.1 Å². The number of aliphatic imine (C=N–C) groups is 2. The molecule has 0 aliphatic carbocycles. The maximum Gasteiger partial charge on any atom is 0.586 e. The number of hydrogen-bond donors (Lipinski definition) is 1. The van der Waals surface area contributed by atoms with Gasteiger partial charge in [-0.15, -0.1) is 8.78 Å². The summed E-state index contributed by atoms with van der Waals surface area (Å²) in [6.07, 6.45) is -2.82. The molecule has 6 nitrogen and oxygen atoms in total. The predicted molar refractivity (Wildman–Crippen MR) is 103 cm³/mol. The van der Waals surface area contributed by atoms with Crippen LogP contribution in [0.4, 0.5) is 8.78 Å². The smallest absolute Gasteiger partial charge is 0.395 e. The maximum atomic E-state index is 13.5. The molecule has 0 saturated heterocycles. The average molecular weight is 449 g/mol. The van der Waals surface area contributed by atoms with Crippen LogP contribution in [-0.2, 0) is 5.54 Å². The zero-order chi connectivity index (χ0) is 19.5. The monoisotopic (exact) mass is 448 g/mol. The zero-order valence-corrected chi connectivity index (χ0v) is 16.1. The predicted octanol–water partition coefficient (Wildman–Crippen LogP) is 3.45. The minimum Gasteiger partial charge on any atom is -0.395 e. The Hall–Kier alpha value is -2.68. The van der Waals surface area contributed by atoms with Crippen molar-refractivity contribution in [3.05, 3.63) is 58.1 Å². The van der Waals surface area contributed by atoms with Gasteiger partial charge < -0.3 is 15.2 Å². The van der Waals surface area contributed by atoms with Crippen LogP contribution in [0.1, 0.15) is 17.5 Å². The number of rotatable bonds is 2. The van der Waals surface area contributed by atoms with E-state index in [1.165, 1.54) is 12.1 Å². The molecule has 2 N–H and O–H groups in total. The molecule has 0 bridgehead atoms. The highest BCUT2D eigenvalue weighted by Gasteiger charge is 2.51. The van der Waals surface area contributed by atoms with E-state index in [9.17, 15) is 8.78 Å². The zero-order valence-electron chi connectivity index (χ0n) is 14.5. The molecule has 3 aliphatic heterocycles. The molecule has 0 aromatic heterocycles. The van der Waals surface area contributed by atoms with Crippen LogP contribution in [0, 0.1) is 0 Å². The average Bonchev–Trinajstić information content (AvgIpc) is 3.14. The Balaban J connectivity index is 1.75. The SMILES string of the molecule is NC1=NC(c2cccc(Br)c2)(c2ccc3c(c2)OC(F)(F)O3)C2=NCCCN12. The standard InChI is InChI=1S/C19H15BrF2N4O2/c20-13-4-1-3-11(9-13)18(16-24-7-2-8-26(16)17(23)25-18)12-5-6-14-15(10-12)28-19(21,22)27-14/h1,3-6,9-10H,2,7-8H2,(H2,23,25). The van der Waals surface area contributed by atoms with Crippen LogP contribution in [0.25, 0.3) is 0 Å². The number of guanidine groups is 1. The van der Waals surface area contributed by atoms with E-state index in [2.05, 4.69) is 25.4 Å². The summed E-state index contributed by atoms with van der Waals surface area (Å²) in [5.41, 5.74) is 6.63. The molecule has 2 aromatic rings. The lowest BCUT2D eigenvalue weighted by Gasteiger charge is -2.33. The number of ether oxygens (including phenoxy) is 2. The highest BCUT2D eigenvalue weighted by molar-refractivity contribution is 9.10. The first-order chi connectivity index (χ1) is 13.4. The molecule has 0 saturated carbocycles. The van der Waals surface area contributed by atoms with Crippen molar-refractivity contribution >= 4 is 27.7 Å². The van der Waals surface area contributed by atoms with E-state index in [1.54, 1.807) is 6.07 Å². The number of alkyl halides is 2. The first kappa shape index (κ1) is 17.4. The highest BCUT2D eigenvalue weighted by Crippen LogP contribution is 2.47. The lowest BCUT2D eigenvalue weighted by Crippen LogP contribution is -2.46. The van der Waals surface area contributed by atoms with Crippen LogP contribution in [0.15, 0.2) is 56.9 Å². The minimum absolute atomic E-state index is 0.0180. The van der Waals surface area contributed by atoms with Gasteiger partial charge in [0.05, 0.1) is 0 Å². The van der Waals surface area contributed by atoms with Crippen LogP contribution in [0.2, 0.25) is 0 Å². The molecule has 0 spiro atoms. The van der Waals surface area contributed by atoms with Gasteiger partial charge in [-0.2, -0.15) is 0 Å². The summed E-state index contributed by atoms with van der Waals surface area (Å²) in [5, 5.41) is 0. The van der Waals surface area contributed by atoms with Crippen molar-refractivity contribution in [3.63, 3.8) is 0 Å². The summed E-state index contributed by atoms with van der Waals surface area (Å²) in [7, 11) is 0. The number of benzene rings is 2. The topological polar surface area (TPSA) is 72.4 Å². The van der Waals surface area contributed by atoms with Crippen molar-refractivity contribution < 1.29 is 18.3 Å². The summed E-state index contributed by atoms with van der Waals surface area (Å²) >= 11 is 3.50. The summed E-state index contributed by atoms with van der Waals surface area (Å²) in [6.45, 7) is 1.35. The molecular weight excluding hydrogens is 434 g/mol. The molecule has 9 heteroatoms. The summed E-state index contributed by atoms with van der Waals surface area (Å²) in [6, 6.07) is 12.3. The second-order valence-electron chi connectivity index (χ2n) is 6.73. The third-order valence-corrected chi connectivity index (χ3v) is 5.49. The number of amidine groups is 1. The lowest BCUT2D eigenvalue weighted by atomic mass is 9.82. The molecule has 1 unspecified atom stereocenters. The minimum atomic E-state index is -3.68. The van der Waals surface area contributed by atoms with Crippen LogP contribution in [0.3, 0.4) is 0 Å². The molecule has 1 atom stereocenters. The van der Waals surface area contributed by atoms with E-state index in [1.807, 2.05) is 29.2 Å². The largest absolute Gasteiger partial charge is 0.586 e. The highest BCUT2D eigenvalue weighted by atomic mass is 79.9. The normalized spacial score (nSPS) is 24.6. The first-order valence-electron chi connectivity index (χ1n) is 8.73.